The zero-order valence-electron chi connectivity index (χ0n) is 19.2. The van der Waals surface area contributed by atoms with Gasteiger partial charge in [-0.15, -0.1) is 0 Å². The van der Waals surface area contributed by atoms with E-state index in [-0.39, 0.29) is 0 Å². The minimum Gasteiger partial charge on any atom is -0.292 e. The third kappa shape index (κ3) is 2.21. The van der Waals surface area contributed by atoms with Crippen molar-refractivity contribution in [1.82, 2.24) is 9.97 Å². The Hall–Kier alpha value is -4.24. The molecule has 0 saturated heterocycles. The molecule has 3 heteroatoms. The summed E-state index contributed by atoms with van der Waals surface area (Å²) in [7, 11) is 0. The molecule has 0 atom stereocenters. The fraction of sp³-hybridized carbons (Fsp3) is 0.125. The molecule has 0 amide bonds. The van der Waals surface area contributed by atoms with Gasteiger partial charge in [0.2, 0.25) is 0 Å². The van der Waals surface area contributed by atoms with E-state index in [1.807, 2.05) is 18.5 Å². The molecule has 3 nitrogen and oxygen atoms in total. The van der Waals surface area contributed by atoms with E-state index in [1.165, 1.54) is 72.6 Å². The molecule has 0 unspecified atom stereocenters. The van der Waals surface area contributed by atoms with Crippen LogP contribution < -0.4 is 4.90 Å². The fourth-order valence-corrected chi connectivity index (χ4v) is 7.07. The van der Waals surface area contributed by atoms with Crippen molar-refractivity contribution in [2.75, 3.05) is 4.90 Å². The van der Waals surface area contributed by atoms with E-state index in [2.05, 4.69) is 65.6 Å². The van der Waals surface area contributed by atoms with Gasteiger partial charge < -0.3 is 0 Å². The van der Waals surface area contributed by atoms with E-state index < -0.39 is 0 Å². The summed E-state index contributed by atoms with van der Waals surface area (Å²) in [4.78, 5) is 12.1. The highest BCUT2D eigenvalue weighted by atomic mass is 15.2. The summed E-state index contributed by atoms with van der Waals surface area (Å²) in [5.74, 6) is 1.05. The molecule has 0 bridgehead atoms. The number of aromatic nitrogens is 2. The van der Waals surface area contributed by atoms with E-state index in [0.717, 1.165) is 37.2 Å². The molecule has 4 heterocycles. The van der Waals surface area contributed by atoms with Crippen LogP contribution in [-0.2, 0) is 25.7 Å². The van der Waals surface area contributed by atoms with Crippen LogP contribution in [-0.4, -0.2) is 9.97 Å². The van der Waals surface area contributed by atoms with Crippen LogP contribution in [0.25, 0.3) is 22.3 Å². The molecule has 164 valence electrons. The van der Waals surface area contributed by atoms with Crippen LogP contribution in [0, 0.1) is 0 Å². The van der Waals surface area contributed by atoms with Gasteiger partial charge in [0.25, 0.3) is 0 Å². The quantitative estimate of drug-likeness (QED) is 0.253. The number of rotatable bonds is 0. The maximum Gasteiger partial charge on any atom is 0.141 e. The largest absolute Gasteiger partial charge is 0.292 e. The minimum absolute atomic E-state index is 0.872. The maximum atomic E-state index is 4.85. The molecule has 3 aromatic carbocycles. The fourth-order valence-electron chi connectivity index (χ4n) is 7.07. The minimum atomic E-state index is 0.872. The van der Waals surface area contributed by atoms with Crippen LogP contribution in [0.2, 0.25) is 0 Å². The summed E-state index contributed by atoms with van der Waals surface area (Å²) < 4.78 is 0. The van der Waals surface area contributed by atoms with Crippen molar-refractivity contribution < 1.29 is 0 Å². The van der Waals surface area contributed by atoms with Crippen molar-refractivity contribution in [3.05, 3.63) is 124 Å². The van der Waals surface area contributed by atoms with E-state index >= 15 is 0 Å². The number of hydrogen-bond donors (Lipinski definition) is 0. The lowest BCUT2D eigenvalue weighted by Gasteiger charge is -2.39. The normalized spacial score (nSPS) is 14.9. The Bertz CT molecular complexity index is 1750. The molecule has 2 aliphatic carbocycles. The van der Waals surface area contributed by atoms with Crippen LogP contribution in [0.1, 0.15) is 44.6 Å². The monoisotopic (exact) mass is 447 g/mol. The molecular formula is C32H21N3. The first kappa shape index (κ1) is 18.1. The van der Waals surface area contributed by atoms with Crippen LogP contribution in [0.3, 0.4) is 0 Å². The van der Waals surface area contributed by atoms with Crippen molar-refractivity contribution in [2.24, 2.45) is 0 Å². The predicted molar refractivity (Wildman–Crippen MR) is 139 cm³/mol. The van der Waals surface area contributed by atoms with E-state index in [9.17, 15) is 0 Å². The first-order chi connectivity index (χ1) is 17.3. The molecule has 0 radical (unpaired) electrons. The van der Waals surface area contributed by atoms with Crippen LogP contribution in [0.4, 0.5) is 17.2 Å². The Balaban J connectivity index is 1.32. The van der Waals surface area contributed by atoms with Crippen molar-refractivity contribution in [2.45, 2.75) is 25.7 Å². The van der Waals surface area contributed by atoms with Crippen molar-refractivity contribution in [3.63, 3.8) is 0 Å². The standard InChI is InChI=1S/C32H21N3/c1-2-7-22-18(5-1)15-25-23(22)9-10-24-26(25)16-20-14-21-13-19-6-3-12-34-32(19)35-29-8-4-11-33-28(29)17-27(30(20)24)31(21)35/h1-12,14H,13,15-17H2. The SMILES string of the molecule is c1ccc2c(c1)Cc1c-2ccc2c1Cc1cc3c4c(c1-2)Cc1ncccc1N4c1ncccc1C3. The van der Waals surface area contributed by atoms with Gasteiger partial charge in [0, 0.05) is 25.2 Å². The zero-order valence-corrected chi connectivity index (χ0v) is 19.2. The number of nitrogens with zero attached hydrogens (tertiary/aromatic N) is 3. The number of hydrogen-bond acceptors (Lipinski definition) is 3. The van der Waals surface area contributed by atoms with E-state index in [1.54, 1.807) is 0 Å². The van der Waals surface area contributed by atoms with E-state index in [0.29, 0.717) is 0 Å². The van der Waals surface area contributed by atoms with Gasteiger partial charge in [-0.25, -0.2) is 4.98 Å². The lowest BCUT2D eigenvalue weighted by molar-refractivity contribution is 0.949. The Morgan fingerprint density at radius 1 is 0.571 bits per heavy atom. The van der Waals surface area contributed by atoms with Crippen molar-refractivity contribution in [1.29, 1.82) is 0 Å². The van der Waals surface area contributed by atoms with Gasteiger partial charge in [-0.3, -0.25) is 9.88 Å². The molecule has 5 aromatic rings. The molecular weight excluding hydrogens is 426 g/mol. The number of fused-ring (bicyclic) bond motifs is 12. The average Bonchev–Trinajstić information content (AvgIpc) is 3.46. The maximum absolute atomic E-state index is 4.85. The number of anilines is 3. The van der Waals surface area contributed by atoms with E-state index in [4.69, 9.17) is 9.97 Å². The number of benzene rings is 3. The van der Waals surface area contributed by atoms with Gasteiger partial charge in [-0.2, -0.15) is 0 Å². The molecule has 2 aromatic heterocycles. The highest BCUT2D eigenvalue weighted by molar-refractivity contribution is 5.96. The van der Waals surface area contributed by atoms with Crippen LogP contribution in [0.15, 0.2) is 79.1 Å². The van der Waals surface area contributed by atoms with Crippen molar-refractivity contribution >= 4 is 17.2 Å². The van der Waals surface area contributed by atoms with Gasteiger partial charge in [0.15, 0.2) is 0 Å². The van der Waals surface area contributed by atoms with Gasteiger partial charge in [-0.1, -0.05) is 48.5 Å². The summed E-state index contributed by atoms with van der Waals surface area (Å²) in [6, 6.07) is 24.7. The Kier molecular flexibility index (Phi) is 3.24. The van der Waals surface area contributed by atoms with Crippen LogP contribution >= 0.6 is 0 Å². The molecule has 4 aliphatic rings. The van der Waals surface area contributed by atoms with Gasteiger partial charge >= 0.3 is 0 Å². The summed E-state index contributed by atoms with van der Waals surface area (Å²) >= 11 is 0. The molecule has 0 N–H and O–H groups in total. The number of pyridine rings is 2. The third-order valence-corrected chi connectivity index (χ3v) is 8.44. The topological polar surface area (TPSA) is 29.0 Å². The molecule has 0 fully saturated rings. The lowest BCUT2D eigenvalue weighted by Crippen LogP contribution is -2.26. The van der Waals surface area contributed by atoms with Gasteiger partial charge in [-0.05, 0) is 92.2 Å². The Labute approximate surface area is 203 Å². The Morgan fingerprint density at radius 3 is 2.37 bits per heavy atom. The summed E-state index contributed by atoms with van der Waals surface area (Å²) in [6.45, 7) is 0. The molecule has 9 rings (SSSR count). The Morgan fingerprint density at radius 2 is 1.37 bits per heavy atom. The van der Waals surface area contributed by atoms with Gasteiger partial charge in [0.1, 0.15) is 5.82 Å². The van der Waals surface area contributed by atoms with Crippen molar-refractivity contribution in [3.8, 4) is 22.3 Å². The van der Waals surface area contributed by atoms with Gasteiger partial charge in [0.05, 0.1) is 17.1 Å². The summed E-state index contributed by atoms with van der Waals surface area (Å²) in [6.07, 6.45) is 7.72. The predicted octanol–water partition coefficient (Wildman–Crippen LogP) is 6.90. The second-order valence-electron chi connectivity index (χ2n) is 10.2. The second-order valence-corrected chi connectivity index (χ2v) is 10.2. The first-order valence-corrected chi connectivity index (χ1v) is 12.4. The molecule has 2 aliphatic heterocycles. The highest BCUT2D eigenvalue weighted by Crippen LogP contribution is 2.55. The van der Waals surface area contributed by atoms with Crippen LogP contribution in [0.5, 0.6) is 0 Å². The zero-order chi connectivity index (χ0) is 22.7. The third-order valence-electron chi connectivity index (χ3n) is 8.44. The second kappa shape index (κ2) is 6.25. The first-order valence-electron chi connectivity index (χ1n) is 12.4. The summed E-state index contributed by atoms with van der Waals surface area (Å²) in [5.41, 5.74) is 19.5. The average molecular weight is 448 g/mol. The smallest absolute Gasteiger partial charge is 0.141 e. The molecule has 35 heavy (non-hydrogen) atoms. The molecule has 0 saturated carbocycles. The highest BCUT2D eigenvalue weighted by Gasteiger charge is 2.38. The summed E-state index contributed by atoms with van der Waals surface area (Å²) in [5, 5.41) is 0. The molecule has 0 spiro atoms. The lowest BCUT2D eigenvalue weighted by atomic mass is 9.84.